The van der Waals surface area contributed by atoms with Crippen LogP contribution < -0.4 is 5.69 Å². The topological polar surface area (TPSA) is 47.2 Å². The van der Waals surface area contributed by atoms with Crippen molar-refractivity contribution >= 4 is 16.9 Å². The number of aromatic nitrogens is 2. The van der Waals surface area contributed by atoms with Crippen LogP contribution in [0.25, 0.3) is 11.0 Å². The lowest BCUT2D eigenvalue weighted by Crippen LogP contribution is -2.32. The maximum Gasteiger partial charge on any atom is 0.329 e. The average Bonchev–Trinajstić information content (AvgIpc) is 2.54. The van der Waals surface area contributed by atoms with Crippen LogP contribution in [-0.4, -0.2) is 34.0 Å². The Morgan fingerprint density at radius 2 is 1.89 bits per heavy atom. The van der Waals surface area contributed by atoms with Crippen LogP contribution in [-0.2, 0) is 18.4 Å². The molecule has 19 heavy (non-hydrogen) atoms. The molecule has 0 unspecified atom stereocenters. The minimum absolute atomic E-state index is 0.0765. The van der Waals surface area contributed by atoms with Crippen molar-refractivity contribution in [3.05, 3.63) is 33.7 Å². The summed E-state index contributed by atoms with van der Waals surface area (Å²) in [4.78, 5) is 25.6. The third-order valence-electron chi connectivity index (χ3n) is 3.37. The van der Waals surface area contributed by atoms with E-state index in [0.29, 0.717) is 0 Å². The standard InChI is InChI=1S/C14H19N3O2/c1-9-6-10(2)13-11(7-9)16(5)14(19)17(13)8-12(18)15(3)4/h6-7H,8H2,1-5H3. The molecule has 0 aliphatic heterocycles. The quantitative estimate of drug-likeness (QED) is 0.811. The summed E-state index contributed by atoms with van der Waals surface area (Å²) in [5, 5.41) is 0. The SMILES string of the molecule is Cc1cc(C)c2c(c1)n(C)c(=O)n2CC(=O)N(C)C. The second-order valence-electron chi connectivity index (χ2n) is 5.17. The van der Waals surface area contributed by atoms with Crippen LogP contribution in [0.2, 0.25) is 0 Å². The first-order valence-corrected chi connectivity index (χ1v) is 6.19. The second-order valence-corrected chi connectivity index (χ2v) is 5.17. The largest absolute Gasteiger partial charge is 0.347 e. The van der Waals surface area contributed by atoms with Gasteiger partial charge in [0.05, 0.1) is 11.0 Å². The molecular weight excluding hydrogens is 242 g/mol. The lowest BCUT2D eigenvalue weighted by molar-refractivity contribution is -0.129. The highest BCUT2D eigenvalue weighted by atomic mass is 16.2. The van der Waals surface area contributed by atoms with E-state index >= 15 is 0 Å². The summed E-state index contributed by atoms with van der Waals surface area (Å²) < 4.78 is 3.14. The summed E-state index contributed by atoms with van der Waals surface area (Å²) in [5.74, 6) is -0.0884. The van der Waals surface area contributed by atoms with Gasteiger partial charge in [-0.3, -0.25) is 13.9 Å². The zero-order valence-corrected chi connectivity index (χ0v) is 12.0. The maximum atomic E-state index is 12.3. The minimum Gasteiger partial charge on any atom is -0.347 e. The van der Waals surface area contributed by atoms with Gasteiger partial charge in [0, 0.05) is 21.1 Å². The normalized spacial score (nSPS) is 11.0. The van der Waals surface area contributed by atoms with Gasteiger partial charge in [0.25, 0.3) is 0 Å². The molecule has 1 heterocycles. The molecule has 0 fully saturated rings. The van der Waals surface area contributed by atoms with E-state index in [0.717, 1.165) is 22.2 Å². The number of likely N-dealkylation sites (N-methyl/N-ethyl adjacent to an activating group) is 1. The predicted molar refractivity (Wildman–Crippen MR) is 75.3 cm³/mol. The first-order chi connectivity index (χ1) is 8.82. The van der Waals surface area contributed by atoms with Gasteiger partial charge >= 0.3 is 5.69 Å². The Labute approximate surface area is 112 Å². The number of rotatable bonds is 2. The molecule has 1 aromatic heterocycles. The lowest BCUT2D eigenvalue weighted by Gasteiger charge is -2.11. The molecule has 1 amide bonds. The number of amides is 1. The van der Waals surface area contributed by atoms with E-state index in [1.807, 2.05) is 26.0 Å². The number of imidazole rings is 1. The Morgan fingerprint density at radius 1 is 1.26 bits per heavy atom. The van der Waals surface area contributed by atoms with E-state index in [1.54, 1.807) is 30.3 Å². The molecule has 0 N–H and O–H groups in total. The fraction of sp³-hybridized carbons (Fsp3) is 0.429. The van der Waals surface area contributed by atoms with Gasteiger partial charge in [-0.25, -0.2) is 4.79 Å². The van der Waals surface area contributed by atoms with Crippen molar-refractivity contribution in [1.29, 1.82) is 0 Å². The van der Waals surface area contributed by atoms with Crippen LogP contribution in [0.3, 0.4) is 0 Å². The smallest absolute Gasteiger partial charge is 0.329 e. The summed E-state index contributed by atoms with van der Waals surface area (Å²) in [6.07, 6.45) is 0. The maximum absolute atomic E-state index is 12.3. The molecule has 102 valence electrons. The van der Waals surface area contributed by atoms with E-state index in [4.69, 9.17) is 0 Å². The van der Waals surface area contributed by atoms with Gasteiger partial charge in [-0.05, 0) is 31.0 Å². The number of benzene rings is 1. The monoisotopic (exact) mass is 261 g/mol. The first-order valence-electron chi connectivity index (χ1n) is 6.19. The number of hydrogen-bond acceptors (Lipinski definition) is 2. The molecule has 0 atom stereocenters. The first kappa shape index (κ1) is 13.4. The summed E-state index contributed by atoms with van der Waals surface area (Å²) in [6.45, 7) is 4.04. The highest BCUT2D eigenvalue weighted by Crippen LogP contribution is 2.19. The molecule has 0 saturated heterocycles. The van der Waals surface area contributed by atoms with E-state index in [-0.39, 0.29) is 18.1 Å². The molecule has 5 nitrogen and oxygen atoms in total. The van der Waals surface area contributed by atoms with Crippen molar-refractivity contribution in [1.82, 2.24) is 14.0 Å². The summed E-state index contributed by atoms with van der Waals surface area (Å²) in [6, 6.07) is 4.00. The fourth-order valence-corrected chi connectivity index (χ4v) is 2.35. The summed E-state index contributed by atoms with van der Waals surface area (Å²) in [5.41, 5.74) is 3.68. The fourth-order valence-electron chi connectivity index (χ4n) is 2.35. The molecule has 0 aliphatic carbocycles. The van der Waals surface area contributed by atoms with Gasteiger partial charge in [-0.15, -0.1) is 0 Å². The molecule has 2 rings (SSSR count). The van der Waals surface area contributed by atoms with Crippen molar-refractivity contribution < 1.29 is 4.79 Å². The number of nitrogens with zero attached hydrogens (tertiary/aromatic N) is 3. The number of aryl methyl sites for hydroxylation is 3. The van der Waals surface area contributed by atoms with Crippen molar-refractivity contribution in [2.45, 2.75) is 20.4 Å². The van der Waals surface area contributed by atoms with Gasteiger partial charge in [-0.1, -0.05) is 6.07 Å². The van der Waals surface area contributed by atoms with Gasteiger partial charge in [0.15, 0.2) is 0 Å². The van der Waals surface area contributed by atoms with Gasteiger partial charge < -0.3 is 4.90 Å². The third-order valence-corrected chi connectivity index (χ3v) is 3.37. The van der Waals surface area contributed by atoms with Crippen LogP contribution in [0.15, 0.2) is 16.9 Å². The second kappa shape index (κ2) is 4.57. The summed E-state index contributed by atoms with van der Waals surface area (Å²) in [7, 11) is 5.12. The Balaban J connectivity index is 2.71. The van der Waals surface area contributed by atoms with E-state index in [9.17, 15) is 9.59 Å². The van der Waals surface area contributed by atoms with E-state index in [2.05, 4.69) is 0 Å². The van der Waals surface area contributed by atoms with Crippen LogP contribution in [0.1, 0.15) is 11.1 Å². The van der Waals surface area contributed by atoms with Crippen LogP contribution >= 0.6 is 0 Å². The van der Waals surface area contributed by atoms with Gasteiger partial charge in [0.2, 0.25) is 5.91 Å². The number of hydrogen-bond donors (Lipinski definition) is 0. The Morgan fingerprint density at radius 3 is 2.47 bits per heavy atom. The van der Waals surface area contributed by atoms with Crippen LogP contribution in [0.5, 0.6) is 0 Å². The van der Waals surface area contributed by atoms with E-state index in [1.165, 1.54) is 4.90 Å². The molecule has 0 radical (unpaired) electrons. The molecule has 0 aliphatic rings. The minimum atomic E-state index is -0.154. The molecule has 5 heteroatoms. The highest BCUT2D eigenvalue weighted by Gasteiger charge is 2.16. The highest BCUT2D eigenvalue weighted by molar-refractivity contribution is 5.83. The predicted octanol–water partition coefficient (Wildman–Crippen LogP) is 1.05. The van der Waals surface area contributed by atoms with Crippen molar-refractivity contribution in [2.24, 2.45) is 7.05 Å². The van der Waals surface area contributed by atoms with Crippen LogP contribution in [0, 0.1) is 13.8 Å². The molecular formula is C14H19N3O2. The van der Waals surface area contributed by atoms with Crippen molar-refractivity contribution in [3.8, 4) is 0 Å². The lowest BCUT2D eigenvalue weighted by atomic mass is 10.1. The van der Waals surface area contributed by atoms with Crippen LogP contribution in [0.4, 0.5) is 0 Å². The van der Waals surface area contributed by atoms with E-state index < -0.39 is 0 Å². The summed E-state index contributed by atoms with van der Waals surface area (Å²) >= 11 is 0. The number of carbonyl (C=O) groups excluding carboxylic acids is 1. The number of carbonyl (C=O) groups is 1. The third kappa shape index (κ3) is 2.16. The molecule has 2 aromatic rings. The average molecular weight is 261 g/mol. The Hall–Kier alpha value is -2.04. The Bertz CT molecular complexity index is 708. The Kier molecular flexibility index (Phi) is 3.22. The molecule has 0 saturated carbocycles. The van der Waals surface area contributed by atoms with Crippen molar-refractivity contribution in [3.63, 3.8) is 0 Å². The molecule has 0 bridgehead atoms. The molecule has 0 spiro atoms. The molecule has 1 aromatic carbocycles. The van der Waals surface area contributed by atoms with Gasteiger partial charge in [-0.2, -0.15) is 0 Å². The number of fused-ring (bicyclic) bond motifs is 1. The van der Waals surface area contributed by atoms with Gasteiger partial charge in [0.1, 0.15) is 6.54 Å². The zero-order chi connectivity index (χ0) is 14.3. The van der Waals surface area contributed by atoms with Crippen molar-refractivity contribution in [2.75, 3.05) is 14.1 Å². The zero-order valence-electron chi connectivity index (χ0n) is 12.0.